The second-order valence-electron chi connectivity index (χ2n) is 4.99. The zero-order valence-electron chi connectivity index (χ0n) is 12.0. The van der Waals surface area contributed by atoms with Crippen LogP contribution < -0.4 is 5.32 Å². The second-order valence-corrected chi connectivity index (χ2v) is 4.99. The molecule has 0 aliphatic rings. The van der Waals surface area contributed by atoms with E-state index in [1.165, 1.54) is 0 Å². The minimum Gasteiger partial charge on any atom is -0.475 e. The molecule has 0 saturated carbocycles. The Morgan fingerprint density at radius 1 is 1.35 bits per heavy atom. The van der Waals surface area contributed by atoms with Crippen LogP contribution in [-0.4, -0.2) is 17.1 Å². The summed E-state index contributed by atoms with van der Waals surface area (Å²) in [7, 11) is 0. The third kappa shape index (κ3) is 3.02. The molecule has 4 nitrogen and oxygen atoms in total. The minimum absolute atomic E-state index is 0.0463. The highest BCUT2D eigenvalue weighted by molar-refractivity contribution is 5.95. The maximum absolute atomic E-state index is 11.3. The Hall–Kier alpha value is -1.81. The Labute approximate surface area is 118 Å². The van der Waals surface area contributed by atoms with Crippen molar-refractivity contribution in [2.45, 2.75) is 45.7 Å². The van der Waals surface area contributed by atoms with Crippen LogP contribution in [-0.2, 0) is 6.54 Å². The summed E-state index contributed by atoms with van der Waals surface area (Å²) in [5.74, 6) is -0.966. The first-order chi connectivity index (χ1) is 9.67. The molecule has 2 rings (SSSR count). The van der Waals surface area contributed by atoms with E-state index in [2.05, 4.69) is 19.2 Å². The number of furan rings is 1. The number of carboxylic acids is 1. The van der Waals surface area contributed by atoms with Crippen LogP contribution in [0.4, 0.5) is 0 Å². The summed E-state index contributed by atoms with van der Waals surface area (Å²) in [5.41, 5.74) is 1.37. The maximum Gasteiger partial charge on any atom is 0.372 e. The second kappa shape index (κ2) is 6.57. The fourth-order valence-electron chi connectivity index (χ4n) is 2.49. The number of para-hydroxylation sites is 1. The first kappa shape index (κ1) is 14.6. The van der Waals surface area contributed by atoms with Crippen molar-refractivity contribution in [1.29, 1.82) is 0 Å². The van der Waals surface area contributed by atoms with Crippen molar-refractivity contribution in [3.8, 4) is 0 Å². The molecule has 4 heteroatoms. The Kier molecular flexibility index (Phi) is 4.79. The molecule has 1 aromatic heterocycles. The molecule has 108 valence electrons. The average Bonchev–Trinajstić information content (AvgIpc) is 2.82. The summed E-state index contributed by atoms with van der Waals surface area (Å²) in [4.78, 5) is 11.3. The Balaban J connectivity index is 2.27. The molecule has 1 atom stereocenters. The molecule has 0 fully saturated rings. The first-order valence-electron chi connectivity index (χ1n) is 7.14. The number of hydrogen-bond acceptors (Lipinski definition) is 3. The lowest BCUT2D eigenvalue weighted by molar-refractivity contribution is 0.0663. The van der Waals surface area contributed by atoms with Crippen molar-refractivity contribution >= 4 is 16.9 Å². The summed E-state index contributed by atoms with van der Waals surface area (Å²) in [5, 5.41) is 13.6. The van der Waals surface area contributed by atoms with Gasteiger partial charge in [0.25, 0.3) is 0 Å². The van der Waals surface area contributed by atoms with E-state index in [-0.39, 0.29) is 5.76 Å². The van der Waals surface area contributed by atoms with E-state index in [9.17, 15) is 9.90 Å². The molecule has 0 aliphatic carbocycles. The summed E-state index contributed by atoms with van der Waals surface area (Å²) in [6.45, 7) is 4.82. The Morgan fingerprint density at radius 3 is 2.75 bits per heavy atom. The largest absolute Gasteiger partial charge is 0.475 e. The third-order valence-electron chi connectivity index (χ3n) is 3.59. The molecule has 0 saturated heterocycles. The van der Waals surface area contributed by atoms with Gasteiger partial charge in [-0.1, -0.05) is 38.5 Å². The quantitative estimate of drug-likeness (QED) is 0.806. The lowest BCUT2D eigenvalue weighted by Gasteiger charge is -2.15. The first-order valence-corrected chi connectivity index (χ1v) is 7.14. The van der Waals surface area contributed by atoms with Crippen LogP contribution >= 0.6 is 0 Å². The number of hydrogen-bond donors (Lipinski definition) is 2. The van der Waals surface area contributed by atoms with Crippen molar-refractivity contribution in [2.24, 2.45) is 0 Å². The van der Waals surface area contributed by atoms with Gasteiger partial charge in [0, 0.05) is 23.5 Å². The van der Waals surface area contributed by atoms with Crippen LogP contribution in [0.1, 0.15) is 49.2 Å². The van der Waals surface area contributed by atoms with Crippen molar-refractivity contribution in [3.63, 3.8) is 0 Å². The molecule has 0 aliphatic heterocycles. The molecular formula is C16H21NO3. The van der Waals surface area contributed by atoms with Crippen molar-refractivity contribution in [1.82, 2.24) is 5.32 Å². The van der Waals surface area contributed by atoms with Gasteiger partial charge in [-0.25, -0.2) is 4.79 Å². The number of carbonyl (C=O) groups is 1. The standard InChI is InChI=1S/C16H21NO3/c1-3-7-11(4-2)17-10-13-12-8-5-6-9-14(12)20-15(13)16(18)19/h5-6,8-9,11,17H,3-4,7,10H2,1-2H3,(H,18,19). The molecule has 20 heavy (non-hydrogen) atoms. The molecule has 1 aromatic carbocycles. The van der Waals surface area contributed by atoms with Gasteiger partial charge >= 0.3 is 5.97 Å². The average molecular weight is 275 g/mol. The normalized spacial score (nSPS) is 12.7. The van der Waals surface area contributed by atoms with Crippen molar-refractivity contribution < 1.29 is 14.3 Å². The molecule has 1 heterocycles. The number of aromatic carboxylic acids is 1. The number of benzene rings is 1. The number of nitrogens with one attached hydrogen (secondary N) is 1. The van der Waals surface area contributed by atoms with Crippen molar-refractivity contribution in [2.75, 3.05) is 0 Å². The lowest BCUT2D eigenvalue weighted by atomic mass is 10.1. The Bertz CT molecular complexity index is 588. The van der Waals surface area contributed by atoms with Crippen LogP contribution in [0, 0.1) is 0 Å². The third-order valence-corrected chi connectivity index (χ3v) is 3.59. The predicted molar refractivity (Wildman–Crippen MR) is 79.0 cm³/mol. The Morgan fingerprint density at radius 2 is 2.10 bits per heavy atom. The predicted octanol–water partition coefficient (Wildman–Crippen LogP) is 3.80. The van der Waals surface area contributed by atoms with Gasteiger partial charge in [0.05, 0.1) is 0 Å². The maximum atomic E-state index is 11.3. The summed E-state index contributed by atoms with van der Waals surface area (Å²) < 4.78 is 5.45. The zero-order chi connectivity index (χ0) is 14.5. The highest BCUT2D eigenvalue weighted by Gasteiger charge is 2.20. The van der Waals surface area contributed by atoms with Crippen LogP contribution in [0.2, 0.25) is 0 Å². The fourth-order valence-corrected chi connectivity index (χ4v) is 2.49. The lowest BCUT2D eigenvalue weighted by Crippen LogP contribution is -2.28. The number of fused-ring (bicyclic) bond motifs is 1. The molecule has 2 aromatic rings. The smallest absolute Gasteiger partial charge is 0.372 e. The van der Waals surface area contributed by atoms with Crippen LogP contribution in [0.5, 0.6) is 0 Å². The van der Waals surface area contributed by atoms with Gasteiger partial charge in [-0.05, 0) is 18.9 Å². The van der Waals surface area contributed by atoms with Crippen LogP contribution in [0.3, 0.4) is 0 Å². The van der Waals surface area contributed by atoms with E-state index in [0.29, 0.717) is 18.2 Å². The summed E-state index contributed by atoms with van der Waals surface area (Å²) in [6.07, 6.45) is 3.24. The van der Waals surface area contributed by atoms with E-state index in [1.54, 1.807) is 6.07 Å². The van der Waals surface area contributed by atoms with Gasteiger partial charge in [0.2, 0.25) is 5.76 Å². The molecule has 0 spiro atoms. The van der Waals surface area contributed by atoms with Gasteiger partial charge in [-0.15, -0.1) is 0 Å². The van der Waals surface area contributed by atoms with Crippen molar-refractivity contribution in [3.05, 3.63) is 35.6 Å². The van der Waals surface area contributed by atoms with E-state index in [1.807, 2.05) is 18.2 Å². The highest BCUT2D eigenvalue weighted by Crippen LogP contribution is 2.26. The van der Waals surface area contributed by atoms with Crippen LogP contribution in [0.15, 0.2) is 28.7 Å². The SMILES string of the molecule is CCCC(CC)NCc1c(C(=O)O)oc2ccccc12. The monoisotopic (exact) mass is 275 g/mol. The number of rotatable bonds is 7. The van der Waals surface area contributed by atoms with Gasteiger partial charge in [0.1, 0.15) is 5.58 Å². The molecule has 2 N–H and O–H groups in total. The van der Waals surface area contributed by atoms with E-state index < -0.39 is 5.97 Å². The van der Waals surface area contributed by atoms with E-state index >= 15 is 0 Å². The molecule has 1 unspecified atom stereocenters. The van der Waals surface area contributed by atoms with Gasteiger partial charge < -0.3 is 14.8 Å². The topological polar surface area (TPSA) is 62.5 Å². The van der Waals surface area contributed by atoms with E-state index in [0.717, 1.165) is 30.2 Å². The molecule has 0 radical (unpaired) electrons. The highest BCUT2D eigenvalue weighted by atomic mass is 16.4. The molecular weight excluding hydrogens is 254 g/mol. The summed E-state index contributed by atoms with van der Waals surface area (Å²) >= 11 is 0. The van der Waals surface area contributed by atoms with E-state index in [4.69, 9.17) is 4.42 Å². The fraction of sp³-hybridized carbons (Fsp3) is 0.438. The molecule has 0 amide bonds. The van der Waals surface area contributed by atoms with Gasteiger partial charge in [-0.3, -0.25) is 0 Å². The summed E-state index contributed by atoms with van der Waals surface area (Å²) in [6, 6.07) is 7.87. The number of carboxylic acid groups (broad SMARTS) is 1. The molecule has 0 bridgehead atoms. The van der Waals surface area contributed by atoms with Gasteiger partial charge in [-0.2, -0.15) is 0 Å². The van der Waals surface area contributed by atoms with Gasteiger partial charge in [0.15, 0.2) is 0 Å². The van der Waals surface area contributed by atoms with Crippen LogP contribution in [0.25, 0.3) is 11.0 Å². The minimum atomic E-state index is -1.01. The zero-order valence-corrected chi connectivity index (χ0v) is 12.0.